The van der Waals surface area contributed by atoms with Crippen LogP contribution >= 0.6 is 0 Å². The molecule has 0 unspecified atom stereocenters. The number of hydrogen-bond donors (Lipinski definition) is 0. The van der Waals surface area contributed by atoms with E-state index in [0.717, 1.165) is 17.1 Å². The van der Waals surface area contributed by atoms with Crippen LogP contribution in [0, 0.1) is 0 Å². The standard InChI is InChI=1S/C31H24N2/c1-32-29-17-9-8-15-28(29)31-27(16-10-18-30(31)32)23-19-21-26(22-20-23)33(24-11-4-2-5-12-24)25-13-6-3-7-14-25/h2-22H,1H3. The second kappa shape index (κ2) is 7.99. The van der Waals surface area contributed by atoms with Crippen molar-refractivity contribution in [1.82, 2.24) is 4.57 Å². The van der Waals surface area contributed by atoms with Gasteiger partial charge in [-0.05, 0) is 59.7 Å². The van der Waals surface area contributed by atoms with Crippen LogP contribution in [0.25, 0.3) is 32.9 Å². The third kappa shape index (κ3) is 3.28. The van der Waals surface area contributed by atoms with E-state index in [1.54, 1.807) is 0 Å². The minimum absolute atomic E-state index is 1.14. The summed E-state index contributed by atoms with van der Waals surface area (Å²) in [7, 11) is 2.15. The molecule has 158 valence electrons. The molecular weight excluding hydrogens is 400 g/mol. The van der Waals surface area contributed by atoms with Gasteiger partial charge < -0.3 is 9.47 Å². The smallest absolute Gasteiger partial charge is 0.0495 e. The molecule has 0 N–H and O–H groups in total. The van der Waals surface area contributed by atoms with Gasteiger partial charge in [-0.15, -0.1) is 0 Å². The Kier molecular flexibility index (Phi) is 4.70. The molecule has 0 radical (unpaired) electrons. The molecule has 0 aliphatic rings. The van der Waals surface area contributed by atoms with Crippen molar-refractivity contribution in [2.45, 2.75) is 0 Å². The number of para-hydroxylation sites is 3. The Labute approximate surface area is 194 Å². The van der Waals surface area contributed by atoms with Crippen molar-refractivity contribution in [2.75, 3.05) is 4.90 Å². The third-order valence-electron chi connectivity index (χ3n) is 6.40. The Balaban J connectivity index is 1.49. The van der Waals surface area contributed by atoms with Crippen LogP contribution in [0.15, 0.2) is 127 Å². The van der Waals surface area contributed by atoms with Gasteiger partial charge in [0.05, 0.1) is 0 Å². The molecule has 0 bridgehead atoms. The third-order valence-corrected chi connectivity index (χ3v) is 6.40. The van der Waals surface area contributed by atoms with Gasteiger partial charge in [-0.1, -0.05) is 78.9 Å². The summed E-state index contributed by atoms with van der Waals surface area (Å²) in [6.07, 6.45) is 0. The molecule has 5 aromatic carbocycles. The molecule has 0 fully saturated rings. The van der Waals surface area contributed by atoms with Crippen LogP contribution in [-0.2, 0) is 7.05 Å². The summed E-state index contributed by atoms with van der Waals surface area (Å²) in [5, 5.41) is 2.61. The van der Waals surface area contributed by atoms with Crippen molar-refractivity contribution in [2.24, 2.45) is 7.05 Å². The lowest BCUT2D eigenvalue weighted by Gasteiger charge is -2.25. The number of aromatic nitrogens is 1. The van der Waals surface area contributed by atoms with Crippen LogP contribution in [0.3, 0.4) is 0 Å². The Hall–Kier alpha value is -4.30. The number of nitrogens with zero attached hydrogens (tertiary/aromatic N) is 2. The monoisotopic (exact) mass is 424 g/mol. The first-order valence-corrected chi connectivity index (χ1v) is 11.3. The zero-order chi connectivity index (χ0) is 22.2. The molecule has 6 aromatic rings. The molecule has 2 nitrogen and oxygen atoms in total. The fraction of sp³-hybridized carbons (Fsp3) is 0.0323. The average Bonchev–Trinajstić information content (AvgIpc) is 3.18. The van der Waals surface area contributed by atoms with Crippen molar-refractivity contribution in [3.05, 3.63) is 127 Å². The van der Waals surface area contributed by atoms with Crippen LogP contribution in [0.4, 0.5) is 17.1 Å². The highest BCUT2D eigenvalue weighted by molar-refractivity contribution is 6.14. The summed E-state index contributed by atoms with van der Waals surface area (Å²) >= 11 is 0. The Bertz CT molecular complexity index is 1510. The van der Waals surface area contributed by atoms with Gasteiger partial charge in [0.1, 0.15) is 0 Å². The molecule has 0 spiro atoms. The Morgan fingerprint density at radius 1 is 0.485 bits per heavy atom. The SMILES string of the molecule is Cn1c2ccccc2c2c(-c3ccc(N(c4ccccc4)c4ccccc4)cc3)cccc21. The first-order valence-electron chi connectivity index (χ1n) is 11.3. The van der Waals surface area contributed by atoms with E-state index in [4.69, 9.17) is 0 Å². The fourth-order valence-electron chi connectivity index (χ4n) is 4.84. The van der Waals surface area contributed by atoms with E-state index in [2.05, 4.69) is 144 Å². The second-order valence-electron chi connectivity index (χ2n) is 8.33. The van der Waals surface area contributed by atoms with Gasteiger partial charge in [0.15, 0.2) is 0 Å². The maximum Gasteiger partial charge on any atom is 0.0495 e. The highest BCUT2D eigenvalue weighted by Crippen LogP contribution is 2.38. The van der Waals surface area contributed by atoms with E-state index in [1.807, 2.05) is 0 Å². The van der Waals surface area contributed by atoms with Crippen molar-refractivity contribution >= 4 is 38.9 Å². The van der Waals surface area contributed by atoms with E-state index in [0.29, 0.717) is 0 Å². The predicted octanol–water partition coefficient (Wildman–Crippen LogP) is 8.47. The minimum Gasteiger partial charge on any atom is -0.344 e. The number of fused-ring (bicyclic) bond motifs is 3. The Morgan fingerprint density at radius 2 is 1.03 bits per heavy atom. The number of rotatable bonds is 4. The lowest BCUT2D eigenvalue weighted by Crippen LogP contribution is -2.09. The first kappa shape index (κ1) is 19.4. The van der Waals surface area contributed by atoms with E-state index in [1.165, 1.54) is 32.9 Å². The summed E-state index contributed by atoms with van der Waals surface area (Å²) in [6, 6.07) is 45.2. The van der Waals surface area contributed by atoms with Gasteiger partial charge in [-0.25, -0.2) is 0 Å². The predicted molar refractivity (Wildman–Crippen MR) is 141 cm³/mol. The fourth-order valence-corrected chi connectivity index (χ4v) is 4.84. The number of benzene rings is 5. The average molecular weight is 425 g/mol. The van der Waals surface area contributed by atoms with E-state index in [-0.39, 0.29) is 0 Å². The summed E-state index contributed by atoms with van der Waals surface area (Å²) in [5.41, 5.74) is 8.44. The van der Waals surface area contributed by atoms with Gasteiger partial charge in [0.25, 0.3) is 0 Å². The highest BCUT2D eigenvalue weighted by atomic mass is 15.1. The number of aryl methyl sites for hydroxylation is 1. The Morgan fingerprint density at radius 3 is 1.70 bits per heavy atom. The summed E-state index contributed by atoms with van der Waals surface area (Å²) in [4.78, 5) is 2.29. The zero-order valence-corrected chi connectivity index (χ0v) is 18.5. The molecule has 0 atom stereocenters. The van der Waals surface area contributed by atoms with Crippen LogP contribution in [0.5, 0.6) is 0 Å². The van der Waals surface area contributed by atoms with Crippen molar-refractivity contribution < 1.29 is 0 Å². The molecule has 0 saturated heterocycles. The molecule has 0 aliphatic carbocycles. The van der Waals surface area contributed by atoms with Crippen molar-refractivity contribution in [3.8, 4) is 11.1 Å². The lowest BCUT2D eigenvalue weighted by atomic mass is 9.99. The van der Waals surface area contributed by atoms with Gasteiger partial charge in [0.2, 0.25) is 0 Å². The van der Waals surface area contributed by atoms with Gasteiger partial charge in [0, 0.05) is 45.9 Å². The largest absolute Gasteiger partial charge is 0.344 e. The summed E-state index contributed by atoms with van der Waals surface area (Å²) in [6.45, 7) is 0. The minimum atomic E-state index is 1.14. The van der Waals surface area contributed by atoms with E-state index in [9.17, 15) is 0 Å². The first-order chi connectivity index (χ1) is 16.3. The topological polar surface area (TPSA) is 8.17 Å². The maximum absolute atomic E-state index is 2.29. The van der Waals surface area contributed by atoms with E-state index < -0.39 is 0 Å². The van der Waals surface area contributed by atoms with Crippen LogP contribution in [0.1, 0.15) is 0 Å². The van der Waals surface area contributed by atoms with Gasteiger partial charge in [-0.2, -0.15) is 0 Å². The van der Waals surface area contributed by atoms with E-state index >= 15 is 0 Å². The molecular formula is C31H24N2. The van der Waals surface area contributed by atoms with Crippen LogP contribution < -0.4 is 4.90 Å². The van der Waals surface area contributed by atoms with Crippen molar-refractivity contribution in [3.63, 3.8) is 0 Å². The van der Waals surface area contributed by atoms with Crippen LogP contribution in [0.2, 0.25) is 0 Å². The molecule has 0 aliphatic heterocycles. The maximum atomic E-state index is 2.29. The number of anilines is 3. The molecule has 1 heterocycles. The summed E-state index contributed by atoms with van der Waals surface area (Å²) < 4.78 is 2.29. The lowest BCUT2D eigenvalue weighted by molar-refractivity contribution is 1.01. The molecule has 1 aromatic heterocycles. The molecule has 6 rings (SSSR count). The summed E-state index contributed by atoms with van der Waals surface area (Å²) in [5.74, 6) is 0. The molecule has 33 heavy (non-hydrogen) atoms. The number of hydrogen-bond acceptors (Lipinski definition) is 1. The van der Waals surface area contributed by atoms with Crippen molar-refractivity contribution in [1.29, 1.82) is 0 Å². The van der Waals surface area contributed by atoms with Gasteiger partial charge >= 0.3 is 0 Å². The molecule has 0 saturated carbocycles. The second-order valence-corrected chi connectivity index (χ2v) is 8.33. The zero-order valence-electron chi connectivity index (χ0n) is 18.5. The molecule has 2 heteroatoms. The quantitative estimate of drug-likeness (QED) is 0.275. The van der Waals surface area contributed by atoms with Gasteiger partial charge in [-0.3, -0.25) is 0 Å². The highest BCUT2D eigenvalue weighted by Gasteiger charge is 2.15. The molecule has 0 amide bonds. The van der Waals surface area contributed by atoms with Crippen LogP contribution in [-0.4, -0.2) is 4.57 Å². The normalized spacial score (nSPS) is 11.2.